The molecule has 2 aliphatic heterocycles. The average Bonchev–Trinajstić information content (AvgIpc) is 2.41. The normalized spacial score (nSPS) is 22.7. The number of likely N-dealkylation sites (tertiary alicyclic amines) is 1. The third-order valence-electron chi connectivity index (χ3n) is 3.68. The van der Waals surface area contributed by atoms with Crippen molar-refractivity contribution in [3.8, 4) is 0 Å². The summed E-state index contributed by atoms with van der Waals surface area (Å²) >= 11 is 0. The molecule has 0 saturated carbocycles. The Morgan fingerprint density at radius 2 is 1.71 bits per heavy atom. The lowest BCUT2D eigenvalue weighted by Gasteiger charge is -2.28. The van der Waals surface area contributed by atoms with E-state index in [-0.39, 0.29) is 0 Å². The lowest BCUT2D eigenvalue weighted by Crippen LogP contribution is -2.38. The minimum atomic E-state index is 0.359. The molecule has 0 radical (unpaired) electrons. The number of carbonyl (C=O) groups excluding carboxylic acids is 1. The van der Waals surface area contributed by atoms with Gasteiger partial charge in [-0.2, -0.15) is 0 Å². The number of amides is 1. The molecule has 0 aromatic carbocycles. The molecular formula is C13H24N2O2. The number of carbonyl (C=O) groups is 1. The number of morpholine rings is 1. The minimum absolute atomic E-state index is 0.359. The fourth-order valence-corrected chi connectivity index (χ4v) is 2.58. The van der Waals surface area contributed by atoms with Crippen LogP contribution in [0.15, 0.2) is 0 Å². The predicted molar refractivity (Wildman–Crippen MR) is 66.9 cm³/mol. The molecule has 0 atom stereocenters. The van der Waals surface area contributed by atoms with Gasteiger partial charge in [0.15, 0.2) is 0 Å². The zero-order chi connectivity index (χ0) is 11.9. The van der Waals surface area contributed by atoms with Gasteiger partial charge in [0.25, 0.3) is 0 Å². The van der Waals surface area contributed by atoms with Gasteiger partial charge in [-0.3, -0.25) is 9.69 Å². The highest BCUT2D eigenvalue weighted by molar-refractivity contribution is 5.76. The van der Waals surface area contributed by atoms with E-state index >= 15 is 0 Å². The van der Waals surface area contributed by atoms with Gasteiger partial charge in [0.1, 0.15) is 0 Å². The Morgan fingerprint density at radius 1 is 1.00 bits per heavy atom. The predicted octanol–water partition coefficient (Wildman–Crippen LogP) is 1.11. The van der Waals surface area contributed by atoms with Gasteiger partial charge in [-0.15, -0.1) is 0 Å². The van der Waals surface area contributed by atoms with Crippen molar-refractivity contribution in [1.29, 1.82) is 0 Å². The summed E-state index contributed by atoms with van der Waals surface area (Å²) in [7, 11) is 0. The van der Waals surface area contributed by atoms with Crippen molar-refractivity contribution < 1.29 is 9.53 Å². The monoisotopic (exact) mass is 240 g/mol. The van der Waals surface area contributed by atoms with E-state index in [1.165, 1.54) is 19.3 Å². The van der Waals surface area contributed by atoms with Crippen LogP contribution < -0.4 is 0 Å². The quantitative estimate of drug-likeness (QED) is 0.738. The number of hydrogen-bond acceptors (Lipinski definition) is 3. The van der Waals surface area contributed by atoms with Crippen molar-refractivity contribution in [2.24, 2.45) is 0 Å². The van der Waals surface area contributed by atoms with E-state index in [0.29, 0.717) is 5.91 Å². The molecule has 0 aromatic rings. The maximum absolute atomic E-state index is 11.9. The number of hydrogen-bond donors (Lipinski definition) is 0. The van der Waals surface area contributed by atoms with Crippen molar-refractivity contribution in [2.45, 2.75) is 32.1 Å². The lowest BCUT2D eigenvalue weighted by atomic mass is 10.1. The van der Waals surface area contributed by atoms with Gasteiger partial charge in [-0.1, -0.05) is 0 Å². The summed E-state index contributed by atoms with van der Waals surface area (Å²) in [6.07, 6.45) is 5.38. The summed E-state index contributed by atoms with van der Waals surface area (Å²) in [6, 6.07) is 0. The van der Waals surface area contributed by atoms with Gasteiger partial charge < -0.3 is 9.64 Å². The third kappa shape index (κ3) is 4.28. The molecule has 0 aliphatic carbocycles. The number of piperidine rings is 1. The molecule has 1 amide bonds. The highest BCUT2D eigenvalue weighted by atomic mass is 16.5. The van der Waals surface area contributed by atoms with Crippen LogP contribution in [0.4, 0.5) is 0 Å². The molecule has 0 spiro atoms. The molecule has 4 heteroatoms. The van der Waals surface area contributed by atoms with Gasteiger partial charge in [0.2, 0.25) is 5.91 Å². The molecular weight excluding hydrogens is 216 g/mol. The van der Waals surface area contributed by atoms with E-state index in [1.807, 2.05) is 4.90 Å². The van der Waals surface area contributed by atoms with Crippen molar-refractivity contribution in [3.05, 3.63) is 0 Å². The molecule has 4 nitrogen and oxygen atoms in total. The molecule has 0 unspecified atom stereocenters. The van der Waals surface area contributed by atoms with E-state index < -0.39 is 0 Å². The molecule has 0 bridgehead atoms. The second-order valence-corrected chi connectivity index (χ2v) is 5.00. The van der Waals surface area contributed by atoms with Crippen molar-refractivity contribution in [3.63, 3.8) is 0 Å². The summed E-state index contributed by atoms with van der Waals surface area (Å²) < 4.78 is 5.31. The Labute approximate surface area is 104 Å². The van der Waals surface area contributed by atoms with E-state index in [4.69, 9.17) is 4.74 Å². The van der Waals surface area contributed by atoms with Crippen LogP contribution in [0.2, 0.25) is 0 Å². The molecule has 2 saturated heterocycles. The highest BCUT2D eigenvalue weighted by Gasteiger charge is 2.16. The Morgan fingerprint density at radius 3 is 2.41 bits per heavy atom. The smallest absolute Gasteiger partial charge is 0.222 e. The molecule has 0 aromatic heterocycles. The SMILES string of the molecule is O=C(CCCN1CCOCC1)N1CCCCC1. The first kappa shape index (κ1) is 12.8. The number of rotatable bonds is 4. The lowest BCUT2D eigenvalue weighted by molar-refractivity contribution is -0.132. The van der Waals surface area contributed by atoms with E-state index in [2.05, 4.69) is 4.90 Å². The largest absolute Gasteiger partial charge is 0.379 e. The summed E-state index contributed by atoms with van der Waals surface area (Å²) in [4.78, 5) is 16.4. The van der Waals surface area contributed by atoms with Crippen LogP contribution in [-0.4, -0.2) is 61.6 Å². The Balaban J connectivity index is 1.58. The van der Waals surface area contributed by atoms with Crippen molar-refractivity contribution >= 4 is 5.91 Å². The van der Waals surface area contributed by atoms with Crippen LogP contribution >= 0.6 is 0 Å². The first-order chi connectivity index (χ1) is 8.36. The second-order valence-electron chi connectivity index (χ2n) is 5.00. The standard InChI is InChI=1S/C13H24N2O2/c16-13(15-7-2-1-3-8-15)5-4-6-14-9-11-17-12-10-14/h1-12H2. The van der Waals surface area contributed by atoms with Gasteiger partial charge in [0, 0.05) is 32.6 Å². The van der Waals surface area contributed by atoms with E-state index in [1.54, 1.807) is 0 Å². The van der Waals surface area contributed by atoms with E-state index in [0.717, 1.165) is 58.8 Å². The summed E-state index contributed by atoms with van der Waals surface area (Å²) in [6.45, 7) is 6.76. The zero-order valence-electron chi connectivity index (χ0n) is 10.7. The van der Waals surface area contributed by atoms with Crippen LogP contribution in [-0.2, 0) is 9.53 Å². The fourth-order valence-electron chi connectivity index (χ4n) is 2.58. The first-order valence-corrected chi connectivity index (χ1v) is 6.94. The summed E-state index contributed by atoms with van der Waals surface area (Å²) in [5.41, 5.74) is 0. The molecule has 2 aliphatic rings. The fraction of sp³-hybridized carbons (Fsp3) is 0.923. The molecule has 17 heavy (non-hydrogen) atoms. The zero-order valence-corrected chi connectivity index (χ0v) is 10.7. The van der Waals surface area contributed by atoms with Gasteiger partial charge in [-0.25, -0.2) is 0 Å². The van der Waals surface area contributed by atoms with E-state index in [9.17, 15) is 4.79 Å². The number of nitrogens with zero attached hydrogens (tertiary/aromatic N) is 2. The van der Waals surface area contributed by atoms with Crippen molar-refractivity contribution in [2.75, 3.05) is 45.9 Å². The Hall–Kier alpha value is -0.610. The molecule has 2 fully saturated rings. The van der Waals surface area contributed by atoms with Gasteiger partial charge in [-0.05, 0) is 32.2 Å². The maximum atomic E-state index is 11.9. The van der Waals surface area contributed by atoms with Crippen molar-refractivity contribution in [1.82, 2.24) is 9.80 Å². The first-order valence-electron chi connectivity index (χ1n) is 6.94. The molecule has 98 valence electrons. The molecule has 2 rings (SSSR count). The van der Waals surface area contributed by atoms with Gasteiger partial charge >= 0.3 is 0 Å². The van der Waals surface area contributed by atoms with Crippen LogP contribution in [0.25, 0.3) is 0 Å². The topological polar surface area (TPSA) is 32.8 Å². The Kier molecular flexibility index (Phi) is 5.26. The van der Waals surface area contributed by atoms with Crippen LogP contribution in [0.1, 0.15) is 32.1 Å². The summed E-state index contributed by atoms with van der Waals surface area (Å²) in [5.74, 6) is 0.359. The van der Waals surface area contributed by atoms with Crippen LogP contribution in [0.3, 0.4) is 0 Å². The number of ether oxygens (including phenoxy) is 1. The highest BCUT2D eigenvalue weighted by Crippen LogP contribution is 2.11. The third-order valence-corrected chi connectivity index (χ3v) is 3.68. The molecule has 0 N–H and O–H groups in total. The maximum Gasteiger partial charge on any atom is 0.222 e. The van der Waals surface area contributed by atoms with Crippen LogP contribution in [0.5, 0.6) is 0 Å². The second kappa shape index (κ2) is 6.97. The van der Waals surface area contributed by atoms with Gasteiger partial charge in [0.05, 0.1) is 13.2 Å². The Bertz CT molecular complexity index is 234. The summed E-state index contributed by atoms with van der Waals surface area (Å²) in [5, 5.41) is 0. The molecule has 2 heterocycles. The average molecular weight is 240 g/mol. The van der Waals surface area contributed by atoms with Crippen LogP contribution in [0, 0.1) is 0 Å². The minimum Gasteiger partial charge on any atom is -0.379 e.